The minimum Gasteiger partial charge on any atom is -0.480 e. The Bertz CT molecular complexity index is 605. The quantitative estimate of drug-likeness (QED) is 0.844. The van der Waals surface area contributed by atoms with Crippen molar-refractivity contribution < 1.29 is 9.53 Å². The van der Waals surface area contributed by atoms with Crippen molar-refractivity contribution in [2.45, 2.75) is 13.0 Å². The molecule has 0 spiro atoms. The van der Waals surface area contributed by atoms with Crippen LogP contribution < -0.4 is 10.1 Å². The molecule has 0 aliphatic carbocycles. The standard InChI is InChI=1S/C14H12Br2N2O2/c1-9(14(19)18-13-4-2-3-7-17-13)20-12-6-5-10(15)8-11(12)16/h2-9H,1H3,(H,17,18,19)/t9-/m1/s1. The third-order valence-corrected chi connectivity index (χ3v) is 3.60. The summed E-state index contributed by atoms with van der Waals surface area (Å²) < 4.78 is 7.34. The van der Waals surface area contributed by atoms with Gasteiger partial charge >= 0.3 is 0 Å². The van der Waals surface area contributed by atoms with Crippen LogP contribution in [0.1, 0.15) is 6.92 Å². The van der Waals surface area contributed by atoms with Gasteiger partial charge in [0.1, 0.15) is 11.6 Å². The summed E-state index contributed by atoms with van der Waals surface area (Å²) in [5.74, 6) is 0.859. The monoisotopic (exact) mass is 398 g/mol. The molecule has 0 aliphatic rings. The molecule has 1 amide bonds. The van der Waals surface area contributed by atoms with Crippen molar-refractivity contribution in [1.82, 2.24) is 4.98 Å². The number of nitrogens with zero attached hydrogens (tertiary/aromatic N) is 1. The molecule has 6 heteroatoms. The van der Waals surface area contributed by atoms with E-state index in [1.54, 1.807) is 37.4 Å². The van der Waals surface area contributed by atoms with Crippen molar-refractivity contribution in [3.05, 3.63) is 51.5 Å². The summed E-state index contributed by atoms with van der Waals surface area (Å²) in [6.07, 6.45) is 0.987. The highest BCUT2D eigenvalue weighted by atomic mass is 79.9. The molecule has 104 valence electrons. The fourth-order valence-corrected chi connectivity index (χ4v) is 2.62. The number of pyridine rings is 1. The van der Waals surface area contributed by atoms with Crippen LogP contribution in [0.2, 0.25) is 0 Å². The molecule has 1 atom stereocenters. The zero-order chi connectivity index (χ0) is 14.5. The second-order valence-electron chi connectivity index (χ2n) is 4.04. The van der Waals surface area contributed by atoms with E-state index in [4.69, 9.17) is 4.74 Å². The average molecular weight is 400 g/mol. The third-order valence-electron chi connectivity index (χ3n) is 2.48. The smallest absolute Gasteiger partial charge is 0.266 e. The van der Waals surface area contributed by atoms with Gasteiger partial charge in [-0.3, -0.25) is 4.79 Å². The number of anilines is 1. The number of carbonyl (C=O) groups is 1. The summed E-state index contributed by atoms with van der Waals surface area (Å²) >= 11 is 6.76. The van der Waals surface area contributed by atoms with Gasteiger partial charge < -0.3 is 10.1 Å². The van der Waals surface area contributed by atoms with Crippen LogP contribution in [0.4, 0.5) is 5.82 Å². The van der Waals surface area contributed by atoms with Gasteiger partial charge in [-0.1, -0.05) is 22.0 Å². The van der Waals surface area contributed by atoms with Gasteiger partial charge in [0.15, 0.2) is 6.10 Å². The summed E-state index contributed by atoms with van der Waals surface area (Å²) in [7, 11) is 0. The van der Waals surface area contributed by atoms with Gasteiger partial charge in [-0.15, -0.1) is 0 Å². The number of hydrogen-bond donors (Lipinski definition) is 1. The maximum Gasteiger partial charge on any atom is 0.266 e. The average Bonchev–Trinajstić information content (AvgIpc) is 2.43. The molecule has 0 radical (unpaired) electrons. The molecule has 0 unspecified atom stereocenters. The Hall–Kier alpha value is -1.40. The van der Waals surface area contributed by atoms with Gasteiger partial charge in [-0.25, -0.2) is 4.98 Å². The predicted molar refractivity (Wildman–Crippen MR) is 84.8 cm³/mol. The predicted octanol–water partition coefficient (Wildman–Crippen LogP) is 4.01. The highest BCUT2D eigenvalue weighted by molar-refractivity contribution is 9.11. The van der Waals surface area contributed by atoms with Crippen molar-refractivity contribution in [2.75, 3.05) is 5.32 Å². The number of nitrogens with one attached hydrogen (secondary N) is 1. The van der Waals surface area contributed by atoms with Crippen LogP contribution in [0.15, 0.2) is 51.5 Å². The van der Waals surface area contributed by atoms with E-state index in [9.17, 15) is 4.79 Å². The van der Waals surface area contributed by atoms with E-state index >= 15 is 0 Å². The minimum absolute atomic E-state index is 0.251. The number of ether oxygens (including phenoxy) is 1. The highest BCUT2D eigenvalue weighted by Gasteiger charge is 2.16. The van der Waals surface area contributed by atoms with E-state index in [0.717, 1.165) is 8.95 Å². The molecule has 20 heavy (non-hydrogen) atoms. The molecule has 1 aromatic carbocycles. The van der Waals surface area contributed by atoms with Crippen molar-refractivity contribution >= 4 is 43.6 Å². The molecule has 0 fully saturated rings. The molecule has 0 bridgehead atoms. The number of aromatic nitrogens is 1. The zero-order valence-electron chi connectivity index (χ0n) is 10.6. The lowest BCUT2D eigenvalue weighted by molar-refractivity contribution is -0.122. The van der Waals surface area contributed by atoms with Crippen LogP contribution >= 0.6 is 31.9 Å². The number of benzene rings is 1. The fraction of sp³-hybridized carbons (Fsp3) is 0.143. The molecule has 1 heterocycles. The van der Waals surface area contributed by atoms with E-state index in [-0.39, 0.29) is 5.91 Å². The number of rotatable bonds is 4. The number of hydrogen-bond acceptors (Lipinski definition) is 3. The molecule has 1 N–H and O–H groups in total. The molecule has 1 aromatic heterocycles. The van der Waals surface area contributed by atoms with Crippen LogP contribution in [-0.2, 0) is 4.79 Å². The molecule has 0 aliphatic heterocycles. The summed E-state index contributed by atoms with van der Waals surface area (Å²) in [6.45, 7) is 1.69. The lowest BCUT2D eigenvalue weighted by Crippen LogP contribution is -2.30. The van der Waals surface area contributed by atoms with Crippen LogP contribution in [-0.4, -0.2) is 17.0 Å². The largest absolute Gasteiger partial charge is 0.480 e. The molecule has 0 saturated heterocycles. The number of amides is 1. The Labute approximate surface area is 133 Å². The highest BCUT2D eigenvalue weighted by Crippen LogP contribution is 2.29. The topological polar surface area (TPSA) is 51.2 Å². The van der Waals surface area contributed by atoms with Gasteiger partial charge in [0.2, 0.25) is 0 Å². The van der Waals surface area contributed by atoms with Gasteiger partial charge in [-0.05, 0) is 53.2 Å². The molecule has 4 nitrogen and oxygen atoms in total. The van der Waals surface area contributed by atoms with E-state index in [1.165, 1.54) is 0 Å². The van der Waals surface area contributed by atoms with E-state index in [2.05, 4.69) is 42.2 Å². The first kappa shape index (κ1) is 15.0. The van der Waals surface area contributed by atoms with Gasteiger partial charge in [-0.2, -0.15) is 0 Å². The third kappa shape index (κ3) is 4.05. The van der Waals surface area contributed by atoms with Crippen LogP contribution in [0.5, 0.6) is 5.75 Å². The SMILES string of the molecule is C[C@@H](Oc1ccc(Br)cc1Br)C(=O)Nc1ccccn1. The summed E-state index contributed by atoms with van der Waals surface area (Å²) in [6, 6.07) is 10.8. The maximum absolute atomic E-state index is 12.0. The zero-order valence-corrected chi connectivity index (χ0v) is 13.8. The Kier molecular flexibility index (Phi) is 5.14. The summed E-state index contributed by atoms with van der Waals surface area (Å²) in [5.41, 5.74) is 0. The Morgan fingerprint density at radius 3 is 2.75 bits per heavy atom. The first-order valence-corrected chi connectivity index (χ1v) is 7.48. The fourth-order valence-electron chi connectivity index (χ4n) is 1.48. The summed E-state index contributed by atoms with van der Waals surface area (Å²) in [4.78, 5) is 16.0. The molecule has 2 rings (SSSR count). The second-order valence-corrected chi connectivity index (χ2v) is 5.81. The minimum atomic E-state index is -0.630. The van der Waals surface area contributed by atoms with Crippen LogP contribution in [0.3, 0.4) is 0 Å². The normalized spacial score (nSPS) is 11.8. The van der Waals surface area contributed by atoms with Crippen molar-refractivity contribution in [3.63, 3.8) is 0 Å². The Morgan fingerprint density at radius 1 is 1.30 bits per heavy atom. The van der Waals surface area contributed by atoms with Crippen LogP contribution in [0, 0.1) is 0 Å². The first-order chi connectivity index (χ1) is 9.56. The van der Waals surface area contributed by atoms with Crippen LogP contribution in [0.25, 0.3) is 0 Å². The summed E-state index contributed by atoms with van der Waals surface area (Å²) in [5, 5.41) is 2.69. The second kappa shape index (κ2) is 6.85. The molecular formula is C14H12Br2N2O2. The first-order valence-electron chi connectivity index (χ1n) is 5.90. The van der Waals surface area contributed by atoms with Gasteiger partial charge in [0, 0.05) is 10.7 Å². The van der Waals surface area contributed by atoms with E-state index in [1.807, 2.05) is 12.1 Å². The van der Waals surface area contributed by atoms with Crippen molar-refractivity contribution in [2.24, 2.45) is 0 Å². The molecular weight excluding hydrogens is 388 g/mol. The number of carbonyl (C=O) groups excluding carboxylic acids is 1. The lowest BCUT2D eigenvalue weighted by atomic mass is 10.3. The van der Waals surface area contributed by atoms with Gasteiger partial charge in [0.25, 0.3) is 5.91 Å². The Morgan fingerprint density at radius 2 is 2.10 bits per heavy atom. The molecule has 2 aromatic rings. The van der Waals surface area contributed by atoms with E-state index < -0.39 is 6.10 Å². The van der Waals surface area contributed by atoms with Crippen molar-refractivity contribution in [1.29, 1.82) is 0 Å². The number of halogens is 2. The van der Waals surface area contributed by atoms with E-state index in [0.29, 0.717) is 11.6 Å². The lowest BCUT2D eigenvalue weighted by Gasteiger charge is -2.15. The van der Waals surface area contributed by atoms with Gasteiger partial charge in [0.05, 0.1) is 4.47 Å². The Balaban J connectivity index is 2.00. The van der Waals surface area contributed by atoms with Crippen molar-refractivity contribution in [3.8, 4) is 5.75 Å². The maximum atomic E-state index is 12.0. The molecule has 0 saturated carbocycles.